The van der Waals surface area contributed by atoms with E-state index in [2.05, 4.69) is 47.6 Å². The van der Waals surface area contributed by atoms with Crippen LogP contribution in [0.1, 0.15) is 38.5 Å². The van der Waals surface area contributed by atoms with E-state index >= 15 is 0 Å². The molecule has 24 heavy (non-hydrogen) atoms. The summed E-state index contributed by atoms with van der Waals surface area (Å²) in [6, 6.07) is 0. The van der Waals surface area contributed by atoms with E-state index in [-0.39, 0.29) is 0 Å². The van der Waals surface area contributed by atoms with Crippen LogP contribution in [0.5, 0.6) is 0 Å². The van der Waals surface area contributed by atoms with Crippen molar-refractivity contribution in [3.8, 4) is 0 Å². The lowest BCUT2D eigenvalue weighted by Crippen LogP contribution is -2.24. The molecule has 148 valence electrons. The smallest absolute Gasteiger partial charge is 0.0474 e. The molecule has 2 rings (SSSR count). The van der Waals surface area contributed by atoms with E-state index < -0.39 is 0 Å². The third kappa shape index (κ3) is 24.1. The molecule has 0 bridgehead atoms. The van der Waals surface area contributed by atoms with E-state index in [0.717, 1.165) is 19.6 Å². The molecule has 0 aliphatic carbocycles. The van der Waals surface area contributed by atoms with Gasteiger partial charge >= 0.3 is 0 Å². The normalized spacial score (nSPS) is 18.0. The third-order valence-electron chi connectivity index (χ3n) is 3.86. The fraction of sp³-hybridized carbons (Fsp3) is 1.00. The van der Waals surface area contributed by atoms with Crippen molar-refractivity contribution >= 4 is 0 Å². The molecular formula is C19H45N3O2. The van der Waals surface area contributed by atoms with Crippen molar-refractivity contribution in [1.29, 1.82) is 0 Å². The van der Waals surface area contributed by atoms with E-state index in [0.29, 0.717) is 0 Å². The van der Waals surface area contributed by atoms with Gasteiger partial charge in [0.15, 0.2) is 0 Å². The maximum Gasteiger partial charge on any atom is 0.0474 e. The van der Waals surface area contributed by atoms with Gasteiger partial charge in [-0.3, -0.25) is 0 Å². The van der Waals surface area contributed by atoms with Gasteiger partial charge in [0.25, 0.3) is 0 Å². The minimum absolute atomic E-state index is 0.873. The Kier molecular flexibility index (Phi) is 22.6. The van der Waals surface area contributed by atoms with Gasteiger partial charge in [-0.2, -0.15) is 0 Å². The van der Waals surface area contributed by atoms with E-state index in [1.54, 1.807) is 21.3 Å². The highest BCUT2D eigenvalue weighted by atomic mass is 16.5. The summed E-state index contributed by atoms with van der Waals surface area (Å²) in [5, 5.41) is 0. The SMILES string of the molecule is CN1CCCC1.CN1CCCCC1.COC.COCCCN(C)C. The summed E-state index contributed by atoms with van der Waals surface area (Å²) in [4.78, 5) is 6.91. The van der Waals surface area contributed by atoms with Gasteiger partial charge in [0.2, 0.25) is 0 Å². The lowest BCUT2D eigenvalue weighted by atomic mass is 10.1. The van der Waals surface area contributed by atoms with Gasteiger partial charge in [0.05, 0.1) is 0 Å². The van der Waals surface area contributed by atoms with Gasteiger partial charge in [-0.05, 0) is 93.0 Å². The Balaban J connectivity index is 0. The van der Waals surface area contributed by atoms with Crippen molar-refractivity contribution in [3.63, 3.8) is 0 Å². The van der Waals surface area contributed by atoms with Crippen LogP contribution < -0.4 is 0 Å². The van der Waals surface area contributed by atoms with Crippen LogP contribution in [0, 0.1) is 0 Å². The zero-order valence-corrected chi connectivity index (χ0v) is 17.6. The third-order valence-corrected chi connectivity index (χ3v) is 3.86. The maximum atomic E-state index is 4.87. The molecule has 0 unspecified atom stereocenters. The highest BCUT2D eigenvalue weighted by Crippen LogP contribution is 2.04. The van der Waals surface area contributed by atoms with Crippen molar-refractivity contribution in [3.05, 3.63) is 0 Å². The van der Waals surface area contributed by atoms with Gasteiger partial charge in [0.1, 0.15) is 0 Å². The Morgan fingerprint density at radius 1 is 0.750 bits per heavy atom. The number of rotatable bonds is 4. The molecule has 2 fully saturated rings. The Hall–Kier alpha value is -0.200. The number of hydrogen-bond donors (Lipinski definition) is 0. The average molecular weight is 348 g/mol. The Morgan fingerprint density at radius 3 is 1.33 bits per heavy atom. The fourth-order valence-electron chi connectivity index (χ4n) is 2.45. The monoisotopic (exact) mass is 347 g/mol. The van der Waals surface area contributed by atoms with Crippen molar-refractivity contribution in [1.82, 2.24) is 14.7 Å². The van der Waals surface area contributed by atoms with Crippen LogP contribution in [0.25, 0.3) is 0 Å². The lowest BCUT2D eigenvalue weighted by Gasteiger charge is -2.20. The molecule has 5 heteroatoms. The van der Waals surface area contributed by atoms with Crippen molar-refractivity contribution < 1.29 is 9.47 Å². The number of methoxy groups -OCH3 is 2. The van der Waals surface area contributed by atoms with Crippen molar-refractivity contribution in [2.45, 2.75) is 38.5 Å². The Bertz CT molecular complexity index is 217. The molecule has 0 spiro atoms. The van der Waals surface area contributed by atoms with Crippen LogP contribution in [-0.2, 0) is 9.47 Å². The summed E-state index contributed by atoms with van der Waals surface area (Å²) in [5.74, 6) is 0. The second kappa shape index (κ2) is 20.8. The average Bonchev–Trinajstić information content (AvgIpc) is 3.01. The largest absolute Gasteiger partial charge is 0.388 e. The van der Waals surface area contributed by atoms with Crippen LogP contribution in [0.3, 0.4) is 0 Å². The number of ether oxygens (including phenoxy) is 2. The first-order valence-electron chi connectivity index (χ1n) is 9.38. The molecule has 0 aromatic heterocycles. The fourth-order valence-corrected chi connectivity index (χ4v) is 2.45. The predicted molar refractivity (Wildman–Crippen MR) is 106 cm³/mol. The summed E-state index contributed by atoms with van der Waals surface area (Å²) in [6.07, 6.45) is 8.23. The first-order chi connectivity index (χ1) is 11.5. The van der Waals surface area contributed by atoms with Gasteiger partial charge in [0, 0.05) is 27.9 Å². The summed E-state index contributed by atoms with van der Waals surface area (Å²) in [5.41, 5.74) is 0. The van der Waals surface area contributed by atoms with Crippen LogP contribution in [0.15, 0.2) is 0 Å². The summed E-state index contributed by atoms with van der Waals surface area (Å²) >= 11 is 0. The highest BCUT2D eigenvalue weighted by Gasteiger charge is 2.03. The summed E-state index contributed by atoms with van der Waals surface area (Å²) < 4.78 is 9.12. The molecular weight excluding hydrogens is 302 g/mol. The van der Waals surface area contributed by atoms with E-state index in [4.69, 9.17) is 4.74 Å². The highest BCUT2D eigenvalue weighted by molar-refractivity contribution is 4.59. The van der Waals surface area contributed by atoms with Crippen molar-refractivity contribution in [2.75, 3.05) is 88.9 Å². The first-order valence-corrected chi connectivity index (χ1v) is 9.38. The zero-order chi connectivity index (χ0) is 18.6. The molecule has 0 saturated carbocycles. The standard InChI is InChI=1S/C6H15NO.C6H13N.C5H11N.C2H6O/c1-7(2)5-4-6-8-3;1-7-5-3-2-4-6-7;1-6-4-2-3-5-6;1-3-2/h4-6H2,1-3H3;2-6H2,1H3;2-5H2,1H3;1-2H3. The topological polar surface area (TPSA) is 28.2 Å². The van der Waals surface area contributed by atoms with Crippen LogP contribution in [0.2, 0.25) is 0 Å². The Labute approximate surface area is 152 Å². The Morgan fingerprint density at radius 2 is 1.12 bits per heavy atom. The van der Waals surface area contributed by atoms with Crippen molar-refractivity contribution in [2.24, 2.45) is 0 Å². The van der Waals surface area contributed by atoms with Gasteiger partial charge in [-0.25, -0.2) is 0 Å². The molecule has 2 saturated heterocycles. The van der Waals surface area contributed by atoms with E-state index in [9.17, 15) is 0 Å². The van der Waals surface area contributed by atoms with Gasteiger partial charge in [-0.15, -0.1) is 0 Å². The number of nitrogens with zero attached hydrogens (tertiary/aromatic N) is 3. The second-order valence-corrected chi connectivity index (χ2v) is 6.93. The summed E-state index contributed by atoms with van der Waals surface area (Å²) in [7, 11) is 13.5. The number of hydrogen-bond acceptors (Lipinski definition) is 5. The molecule has 0 radical (unpaired) electrons. The molecule has 0 aromatic carbocycles. The van der Waals surface area contributed by atoms with Gasteiger partial charge < -0.3 is 24.2 Å². The molecule has 2 heterocycles. The molecule has 0 N–H and O–H groups in total. The number of piperidine rings is 1. The molecule has 0 amide bonds. The van der Waals surface area contributed by atoms with Crippen LogP contribution in [0.4, 0.5) is 0 Å². The molecule has 0 aromatic rings. The lowest BCUT2D eigenvalue weighted by molar-refractivity contribution is 0.184. The quantitative estimate of drug-likeness (QED) is 0.729. The van der Waals surface area contributed by atoms with Gasteiger partial charge in [-0.1, -0.05) is 6.42 Å². The minimum Gasteiger partial charge on any atom is -0.388 e. The zero-order valence-electron chi connectivity index (χ0n) is 17.6. The van der Waals surface area contributed by atoms with E-state index in [1.165, 1.54) is 58.3 Å². The van der Waals surface area contributed by atoms with Crippen LogP contribution >= 0.6 is 0 Å². The first kappa shape index (κ1) is 26.0. The number of likely N-dealkylation sites (tertiary alicyclic amines) is 2. The van der Waals surface area contributed by atoms with E-state index in [1.807, 2.05) is 0 Å². The maximum absolute atomic E-state index is 4.87. The summed E-state index contributed by atoms with van der Waals surface area (Å²) in [6.45, 7) is 7.27. The second-order valence-electron chi connectivity index (χ2n) is 6.93. The molecule has 0 atom stereocenters. The molecule has 2 aliphatic rings. The molecule has 2 aliphatic heterocycles. The predicted octanol–water partition coefficient (Wildman–Crippen LogP) is 2.66. The molecule has 5 nitrogen and oxygen atoms in total. The van der Waals surface area contributed by atoms with Crippen LogP contribution in [-0.4, -0.2) is 104 Å². The minimum atomic E-state index is 0.873.